The van der Waals surface area contributed by atoms with Crippen LogP contribution in [0.4, 0.5) is 0 Å². The number of halogens is 1. The van der Waals surface area contributed by atoms with Crippen LogP contribution >= 0.6 is 22.9 Å². The third kappa shape index (κ3) is 4.92. The highest BCUT2D eigenvalue weighted by atomic mass is 35.5. The second kappa shape index (κ2) is 9.76. The van der Waals surface area contributed by atoms with Gasteiger partial charge in [-0.1, -0.05) is 23.7 Å². The quantitative estimate of drug-likeness (QED) is 0.495. The summed E-state index contributed by atoms with van der Waals surface area (Å²) in [5.41, 5.74) is 2.02. The molecule has 0 saturated carbocycles. The molecule has 3 aromatic rings. The topological polar surface area (TPSA) is 72.0 Å². The van der Waals surface area contributed by atoms with E-state index in [2.05, 4.69) is 10.3 Å². The van der Waals surface area contributed by atoms with Crippen molar-refractivity contribution in [1.82, 2.24) is 14.2 Å². The highest BCUT2D eigenvalue weighted by Crippen LogP contribution is 2.31. The van der Waals surface area contributed by atoms with Gasteiger partial charge in [-0.25, -0.2) is 13.4 Å². The number of methoxy groups -OCH3 is 2. The van der Waals surface area contributed by atoms with Crippen molar-refractivity contribution in [3.63, 3.8) is 0 Å². The van der Waals surface area contributed by atoms with E-state index in [1.54, 1.807) is 23.5 Å². The van der Waals surface area contributed by atoms with Crippen molar-refractivity contribution >= 4 is 33.0 Å². The molecule has 1 aromatic heterocycles. The molecular formula is C22H24ClN3O4S2. The fourth-order valence-corrected chi connectivity index (χ4v) is 5.97. The van der Waals surface area contributed by atoms with Crippen LogP contribution in [-0.2, 0) is 16.6 Å². The first-order valence-corrected chi connectivity index (χ1v) is 12.8. The molecule has 2 heterocycles. The van der Waals surface area contributed by atoms with Crippen LogP contribution in [-0.4, -0.2) is 63.0 Å². The summed E-state index contributed by atoms with van der Waals surface area (Å²) >= 11 is 7.56. The first-order chi connectivity index (χ1) is 15.4. The van der Waals surface area contributed by atoms with Crippen molar-refractivity contribution in [3.05, 3.63) is 58.6 Å². The Morgan fingerprint density at radius 1 is 1.00 bits per heavy atom. The zero-order valence-corrected chi connectivity index (χ0v) is 20.2. The SMILES string of the molecule is COc1ccc(S(=O)(=O)N2CCN(Cc3csc(-c4ccc(Cl)cc4)n3)CC2)cc1OC. The lowest BCUT2D eigenvalue weighted by atomic mass is 10.2. The van der Waals surface area contributed by atoms with Crippen LogP contribution in [0.2, 0.25) is 5.02 Å². The molecule has 7 nitrogen and oxygen atoms in total. The van der Waals surface area contributed by atoms with Gasteiger partial charge in [-0.15, -0.1) is 11.3 Å². The molecule has 0 radical (unpaired) electrons. The van der Waals surface area contributed by atoms with Crippen LogP contribution < -0.4 is 9.47 Å². The average molecular weight is 494 g/mol. The van der Waals surface area contributed by atoms with Gasteiger partial charge < -0.3 is 9.47 Å². The van der Waals surface area contributed by atoms with E-state index in [9.17, 15) is 8.42 Å². The molecule has 1 saturated heterocycles. The number of nitrogens with zero attached hydrogens (tertiary/aromatic N) is 3. The fourth-order valence-electron chi connectivity index (χ4n) is 3.59. The Balaban J connectivity index is 1.38. The number of sulfonamides is 1. The molecule has 0 N–H and O–H groups in total. The Morgan fingerprint density at radius 2 is 1.69 bits per heavy atom. The van der Waals surface area contributed by atoms with Crippen LogP contribution in [0.1, 0.15) is 5.69 Å². The van der Waals surface area contributed by atoms with Gasteiger partial charge in [0.1, 0.15) is 5.01 Å². The lowest BCUT2D eigenvalue weighted by Gasteiger charge is -2.33. The van der Waals surface area contributed by atoms with E-state index in [-0.39, 0.29) is 4.90 Å². The summed E-state index contributed by atoms with van der Waals surface area (Å²) in [6.07, 6.45) is 0. The zero-order chi connectivity index (χ0) is 22.7. The highest BCUT2D eigenvalue weighted by molar-refractivity contribution is 7.89. The lowest BCUT2D eigenvalue weighted by Crippen LogP contribution is -2.48. The zero-order valence-electron chi connectivity index (χ0n) is 17.8. The van der Waals surface area contributed by atoms with Gasteiger partial charge >= 0.3 is 0 Å². The van der Waals surface area contributed by atoms with E-state index in [1.807, 2.05) is 24.3 Å². The molecule has 170 valence electrons. The maximum atomic E-state index is 13.1. The van der Waals surface area contributed by atoms with E-state index >= 15 is 0 Å². The van der Waals surface area contributed by atoms with Gasteiger partial charge in [0, 0.05) is 54.8 Å². The van der Waals surface area contributed by atoms with Crippen molar-refractivity contribution < 1.29 is 17.9 Å². The molecular weight excluding hydrogens is 470 g/mol. The number of benzene rings is 2. The predicted octanol–water partition coefficient (Wildman–Crippen LogP) is 3.99. The molecule has 1 aliphatic heterocycles. The Labute approximate surface area is 197 Å². The number of ether oxygens (including phenoxy) is 2. The first-order valence-electron chi connectivity index (χ1n) is 10.1. The summed E-state index contributed by atoms with van der Waals surface area (Å²) in [4.78, 5) is 7.16. The Morgan fingerprint density at radius 3 is 2.34 bits per heavy atom. The monoisotopic (exact) mass is 493 g/mol. The first kappa shape index (κ1) is 23.0. The number of piperazine rings is 1. The lowest BCUT2D eigenvalue weighted by molar-refractivity contribution is 0.180. The maximum absolute atomic E-state index is 13.1. The summed E-state index contributed by atoms with van der Waals surface area (Å²) in [5.74, 6) is 0.893. The third-order valence-corrected chi connectivity index (χ3v) is 8.44. The van der Waals surface area contributed by atoms with Gasteiger partial charge in [-0.3, -0.25) is 4.90 Å². The highest BCUT2D eigenvalue weighted by Gasteiger charge is 2.29. The Bertz CT molecular complexity index is 1170. The number of rotatable bonds is 7. The van der Waals surface area contributed by atoms with Gasteiger partial charge in [0.25, 0.3) is 0 Å². The van der Waals surface area contributed by atoms with E-state index in [0.717, 1.165) is 16.3 Å². The summed E-state index contributed by atoms with van der Waals surface area (Å²) in [6, 6.07) is 12.3. The van der Waals surface area contributed by atoms with E-state index < -0.39 is 10.0 Å². The van der Waals surface area contributed by atoms with Crippen LogP contribution in [0.5, 0.6) is 11.5 Å². The van der Waals surface area contributed by atoms with E-state index in [1.165, 1.54) is 24.6 Å². The third-order valence-electron chi connectivity index (χ3n) is 5.35. The van der Waals surface area contributed by atoms with E-state index in [4.69, 9.17) is 26.1 Å². The number of thiazole rings is 1. The maximum Gasteiger partial charge on any atom is 0.243 e. The van der Waals surface area contributed by atoms with Crippen molar-refractivity contribution in [1.29, 1.82) is 0 Å². The Kier molecular flexibility index (Phi) is 7.02. The average Bonchev–Trinajstić information content (AvgIpc) is 3.27. The molecule has 10 heteroatoms. The van der Waals surface area contributed by atoms with Crippen molar-refractivity contribution in [2.24, 2.45) is 0 Å². The number of hydrogen-bond acceptors (Lipinski definition) is 7. The van der Waals surface area contributed by atoms with Gasteiger partial charge in [-0.05, 0) is 24.3 Å². The van der Waals surface area contributed by atoms with Crippen molar-refractivity contribution in [2.75, 3.05) is 40.4 Å². The van der Waals surface area contributed by atoms with Gasteiger partial charge in [0.15, 0.2) is 11.5 Å². The van der Waals surface area contributed by atoms with Gasteiger partial charge in [-0.2, -0.15) is 4.31 Å². The smallest absolute Gasteiger partial charge is 0.243 e. The van der Waals surface area contributed by atoms with Crippen molar-refractivity contribution in [3.8, 4) is 22.1 Å². The summed E-state index contributed by atoms with van der Waals surface area (Å²) < 4.78 is 38.2. The molecule has 1 aliphatic rings. The summed E-state index contributed by atoms with van der Waals surface area (Å²) in [7, 11) is -0.595. The molecule has 0 spiro atoms. The normalized spacial score (nSPS) is 15.6. The summed E-state index contributed by atoms with van der Waals surface area (Å²) in [5, 5.41) is 3.70. The molecule has 2 aromatic carbocycles. The van der Waals surface area contributed by atoms with Crippen LogP contribution in [0.15, 0.2) is 52.7 Å². The molecule has 4 rings (SSSR count). The molecule has 1 fully saturated rings. The molecule has 32 heavy (non-hydrogen) atoms. The molecule has 0 aliphatic carbocycles. The number of hydrogen-bond donors (Lipinski definition) is 0. The Hall–Kier alpha value is -2.17. The fraction of sp³-hybridized carbons (Fsp3) is 0.318. The largest absolute Gasteiger partial charge is 0.493 e. The van der Waals surface area contributed by atoms with Gasteiger partial charge in [0.05, 0.1) is 24.8 Å². The number of aromatic nitrogens is 1. The second-order valence-electron chi connectivity index (χ2n) is 7.35. The second-order valence-corrected chi connectivity index (χ2v) is 10.6. The van der Waals surface area contributed by atoms with Crippen molar-refractivity contribution in [2.45, 2.75) is 11.4 Å². The molecule has 0 unspecified atom stereocenters. The predicted molar refractivity (Wildman–Crippen MR) is 126 cm³/mol. The standard InChI is InChI=1S/C22H24ClN3O4S2/c1-29-20-8-7-19(13-21(20)30-2)32(27,28)26-11-9-25(10-12-26)14-18-15-31-22(24-18)16-3-5-17(23)6-4-16/h3-8,13,15H,9-12,14H2,1-2H3. The minimum atomic E-state index is -3.60. The van der Waals surface area contributed by atoms with Crippen LogP contribution in [0.25, 0.3) is 10.6 Å². The minimum Gasteiger partial charge on any atom is -0.493 e. The summed E-state index contributed by atoms with van der Waals surface area (Å²) in [6.45, 7) is 2.81. The molecule has 0 atom stereocenters. The minimum absolute atomic E-state index is 0.204. The van der Waals surface area contributed by atoms with Gasteiger partial charge in [0.2, 0.25) is 10.0 Å². The molecule has 0 amide bonds. The van der Waals surface area contributed by atoms with Crippen LogP contribution in [0, 0.1) is 0 Å². The van der Waals surface area contributed by atoms with E-state index in [0.29, 0.717) is 49.2 Å². The van der Waals surface area contributed by atoms with Crippen LogP contribution in [0.3, 0.4) is 0 Å². The molecule has 0 bridgehead atoms.